The maximum atomic E-state index is 13.4. The number of hydrogen-bond acceptors (Lipinski definition) is 5. The molecule has 1 saturated carbocycles. The molecule has 1 atom stereocenters. The zero-order chi connectivity index (χ0) is 20.1. The second-order valence-corrected chi connectivity index (χ2v) is 7.58. The van der Waals surface area contributed by atoms with Crippen molar-refractivity contribution in [1.82, 2.24) is 15.0 Å². The molecule has 2 fully saturated rings. The first-order chi connectivity index (χ1) is 14.0. The number of hydrogen-bond donors (Lipinski definition) is 1. The summed E-state index contributed by atoms with van der Waals surface area (Å²) in [5.74, 6) is -1.51. The van der Waals surface area contributed by atoms with Gasteiger partial charge < -0.3 is 14.5 Å². The highest BCUT2D eigenvalue weighted by Crippen LogP contribution is 2.44. The Hall–Kier alpha value is -3.29. The summed E-state index contributed by atoms with van der Waals surface area (Å²) in [6, 6.07) is 6.58. The lowest BCUT2D eigenvalue weighted by Gasteiger charge is -2.22. The van der Waals surface area contributed by atoms with Gasteiger partial charge in [-0.3, -0.25) is 4.79 Å². The van der Waals surface area contributed by atoms with Gasteiger partial charge in [0.05, 0.1) is 22.3 Å². The standard InChI is InChI=1S/C21H18FN3O4/c22-13-7-5-11(6-8-13)15-10-14(20(26)25-9-1-2-16(25)21(27)28)17-18(12-3-4-12)24-29-19(17)23-15/h5-8,10,12,16H,1-4,9H2,(H,27,28)/t16-/m1/s1. The van der Waals surface area contributed by atoms with Crippen LogP contribution in [-0.4, -0.2) is 44.6 Å². The van der Waals surface area contributed by atoms with E-state index in [1.807, 2.05) is 0 Å². The van der Waals surface area contributed by atoms with Crippen LogP contribution in [-0.2, 0) is 4.79 Å². The van der Waals surface area contributed by atoms with Crippen LogP contribution >= 0.6 is 0 Å². The first-order valence-corrected chi connectivity index (χ1v) is 9.63. The number of carboxylic acid groups (broad SMARTS) is 1. The van der Waals surface area contributed by atoms with Gasteiger partial charge in [-0.1, -0.05) is 5.16 Å². The zero-order valence-corrected chi connectivity index (χ0v) is 15.5. The van der Waals surface area contributed by atoms with Gasteiger partial charge in [0.25, 0.3) is 11.6 Å². The van der Waals surface area contributed by atoms with Crippen molar-refractivity contribution in [2.45, 2.75) is 37.6 Å². The highest BCUT2D eigenvalue weighted by atomic mass is 19.1. The third kappa shape index (κ3) is 3.04. The van der Waals surface area contributed by atoms with Crippen molar-refractivity contribution >= 4 is 23.0 Å². The summed E-state index contributed by atoms with van der Waals surface area (Å²) < 4.78 is 18.8. The minimum Gasteiger partial charge on any atom is -0.480 e. The minimum atomic E-state index is -1.01. The van der Waals surface area contributed by atoms with E-state index in [4.69, 9.17) is 4.52 Å². The molecular weight excluding hydrogens is 377 g/mol. The minimum absolute atomic E-state index is 0.232. The van der Waals surface area contributed by atoms with Crippen molar-refractivity contribution in [2.75, 3.05) is 6.54 Å². The fraction of sp³-hybridized carbons (Fsp3) is 0.333. The second kappa shape index (κ2) is 6.65. The maximum Gasteiger partial charge on any atom is 0.326 e. The average Bonchev–Trinajstić information content (AvgIpc) is 3.27. The normalized spacial score (nSPS) is 19.1. The monoisotopic (exact) mass is 395 g/mol. The Bertz CT molecular complexity index is 1120. The Morgan fingerprint density at radius 2 is 1.93 bits per heavy atom. The van der Waals surface area contributed by atoms with E-state index in [1.165, 1.54) is 17.0 Å². The van der Waals surface area contributed by atoms with Gasteiger partial charge in [-0.15, -0.1) is 0 Å². The van der Waals surface area contributed by atoms with Crippen molar-refractivity contribution < 1.29 is 23.6 Å². The molecule has 1 aromatic carbocycles. The van der Waals surface area contributed by atoms with E-state index < -0.39 is 12.0 Å². The van der Waals surface area contributed by atoms with Crippen LogP contribution in [0, 0.1) is 5.82 Å². The van der Waals surface area contributed by atoms with E-state index >= 15 is 0 Å². The number of carbonyl (C=O) groups excluding carboxylic acids is 1. The third-order valence-corrected chi connectivity index (χ3v) is 5.61. The predicted octanol–water partition coefficient (Wildman–Crippen LogP) is 3.60. The highest BCUT2D eigenvalue weighted by molar-refractivity contribution is 6.08. The molecular formula is C21H18FN3O4. The number of benzene rings is 1. The molecule has 5 rings (SSSR count). The summed E-state index contributed by atoms with van der Waals surface area (Å²) in [5.41, 5.74) is 2.36. The Labute approximate surface area is 165 Å². The van der Waals surface area contributed by atoms with Crippen LogP contribution < -0.4 is 0 Å². The van der Waals surface area contributed by atoms with Gasteiger partial charge >= 0.3 is 5.97 Å². The van der Waals surface area contributed by atoms with Crippen molar-refractivity contribution in [3.05, 3.63) is 47.4 Å². The first kappa shape index (κ1) is 17.8. The van der Waals surface area contributed by atoms with Gasteiger partial charge in [0.15, 0.2) is 0 Å². The van der Waals surface area contributed by atoms with Crippen LogP contribution in [0.2, 0.25) is 0 Å². The number of amides is 1. The number of fused-ring (bicyclic) bond motifs is 1. The van der Waals surface area contributed by atoms with Crippen molar-refractivity contribution in [1.29, 1.82) is 0 Å². The molecule has 0 spiro atoms. The fourth-order valence-electron chi connectivity index (χ4n) is 3.97. The molecule has 2 aliphatic rings. The molecule has 0 unspecified atom stereocenters. The molecule has 7 nitrogen and oxygen atoms in total. The smallest absolute Gasteiger partial charge is 0.326 e. The summed E-state index contributed by atoms with van der Waals surface area (Å²) in [4.78, 5) is 30.9. The quantitative estimate of drug-likeness (QED) is 0.725. The summed E-state index contributed by atoms with van der Waals surface area (Å²) >= 11 is 0. The summed E-state index contributed by atoms with van der Waals surface area (Å²) in [6.45, 7) is 0.384. The number of carboxylic acids is 1. The lowest BCUT2D eigenvalue weighted by Crippen LogP contribution is -2.40. The van der Waals surface area contributed by atoms with Gasteiger partial charge in [0, 0.05) is 18.0 Å². The first-order valence-electron chi connectivity index (χ1n) is 9.63. The molecule has 1 aliphatic heterocycles. The molecule has 8 heteroatoms. The number of halogens is 1. The van der Waals surface area contributed by atoms with Gasteiger partial charge in [0.1, 0.15) is 11.9 Å². The molecule has 148 valence electrons. The molecule has 1 amide bonds. The average molecular weight is 395 g/mol. The Morgan fingerprint density at radius 1 is 1.17 bits per heavy atom. The third-order valence-electron chi connectivity index (χ3n) is 5.61. The van der Waals surface area contributed by atoms with E-state index in [-0.39, 0.29) is 23.4 Å². The SMILES string of the molecule is O=C(O)[C@H]1CCCN1C(=O)c1cc(-c2ccc(F)cc2)nc2onc(C3CC3)c12. The molecule has 2 aromatic heterocycles. The largest absolute Gasteiger partial charge is 0.480 e. The van der Waals surface area contributed by atoms with Crippen LogP contribution in [0.4, 0.5) is 4.39 Å². The summed E-state index contributed by atoms with van der Waals surface area (Å²) in [5, 5.41) is 14.2. The number of carbonyl (C=O) groups is 2. The number of likely N-dealkylation sites (tertiary alicyclic amines) is 1. The molecule has 0 bridgehead atoms. The number of aromatic nitrogens is 2. The summed E-state index contributed by atoms with van der Waals surface area (Å²) in [7, 11) is 0. The van der Waals surface area contributed by atoms with Crippen molar-refractivity contribution in [3.8, 4) is 11.3 Å². The topological polar surface area (TPSA) is 96.5 Å². The number of nitrogens with zero attached hydrogens (tertiary/aromatic N) is 3. The van der Waals surface area contributed by atoms with Crippen LogP contribution in [0.1, 0.15) is 47.7 Å². The number of pyridine rings is 1. The molecule has 1 saturated heterocycles. The molecule has 3 aromatic rings. The zero-order valence-electron chi connectivity index (χ0n) is 15.5. The molecule has 3 heterocycles. The summed E-state index contributed by atoms with van der Waals surface area (Å²) in [6.07, 6.45) is 3.01. The van der Waals surface area contributed by atoms with Gasteiger partial charge in [0.2, 0.25) is 0 Å². The van der Waals surface area contributed by atoms with Crippen LogP contribution in [0.3, 0.4) is 0 Å². The van der Waals surface area contributed by atoms with Gasteiger partial charge in [-0.25, -0.2) is 14.2 Å². The number of aliphatic carboxylic acids is 1. The van der Waals surface area contributed by atoms with Crippen LogP contribution in [0.15, 0.2) is 34.9 Å². The molecule has 1 N–H and O–H groups in total. The predicted molar refractivity (Wildman–Crippen MR) is 101 cm³/mol. The van der Waals surface area contributed by atoms with Gasteiger partial charge in [-0.05, 0) is 56.0 Å². The molecule has 1 aliphatic carbocycles. The number of rotatable bonds is 4. The Balaban J connectivity index is 1.67. The fourth-order valence-corrected chi connectivity index (χ4v) is 3.97. The van der Waals surface area contributed by atoms with E-state index in [1.54, 1.807) is 18.2 Å². The van der Waals surface area contributed by atoms with Crippen molar-refractivity contribution in [3.63, 3.8) is 0 Å². The highest BCUT2D eigenvalue weighted by Gasteiger charge is 2.38. The van der Waals surface area contributed by atoms with E-state index in [9.17, 15) is 19.1 Å². The Morgan fingerprint density at radius 3 is 2.62 bits per heavy atom. The van der Waals surface area contributed by atoms with Crippen molar-refractivity contribution in [2.24, 2.45) is 0 Å². The lowest BCUT2D eigenvalue weighted by molar-refractivity contribution is -0.141. The van der Waals surface area contributed by atoms with E-state index in [0.717, 1.165) is 12.8 Å². The Kier molecular flexibility index (Phi) is 4.08. The van der Waals surface area contributed by atoms with E-state index in [2.05, 4.69) is 10.1 Å². The van der Waals surface area contributed by atoms with Crippen LogP contribution in [0.25, 0.3) is 22.4 Å². The molecule has 29 heavy (non-hydrogen) atoms. The van der Waals surface area contributed by atoms with Gasteiger partial charge in [-0.2, -0.15) is 0 Å². The van der Waals surface area contributed by atoms with Crippen LogP contribution in [0.5, 0.6) is 0 Å². The maximum absolute atomic E-state index is 13.4. The second-order valence-electron chi connectivity index (χ2n) is 7.58. The lowest BCUT2D eigenvalue weighted by atomic mass is 10.0. The van der Waals surface area contributed by atoms with E-state index in [0.29, 0.717) is 47.3 Å². The molecule has 0 radical (unpaired) electrons.